The van der Waals surface area contributed by atoms with Gasteiger partial charge in [-0.2, -0.15) is 13.2 Å². The Hall–Kier alpha value is -2.59. The Labute approximate surface area is 160 Å². The summed E-state index contributed by atoms with van der Waals surface area (Å²) in [5.74, 6) is -0.630. The quantitative estimate of drug-likeness (QED) is 0.782. The number of nitrogens with two attached hydrogens (primary N) is 1. The minimum Gasteiger partial charge on any atom is -0.495 e. The molecule has 2 rings (SSSR count). The maximum atomic E-state index is 13.0. The summed E-state index contributed by atoms with van der Waals surface area (Å²) in [5.41, 5.74) is -1.94. The van der Waals surface area contributed by atoms with Crippen molar-refractivity contribution in [1.29, 1.82) is 0 Å². The van der Waals surface area contributed by atoms with Crippen molar-refractivity contribution in [2.24, 2.45) is 5.14 Å². The number of hydrogen-bond donors (Lipinski definition) is 2. The van der Waals surface area contributed by atoms with Crippen LogP contribution in [0.25, 0.3) is 0 Å². The molecule has 152 valence electrons. The summed E-state index contributed by atoms with van der Waals surface area (Å²) in [7, 11) is -2.85. The van der Waals surface area contributed by atoms with E-state index in [0.29, 0.717) is 0 Å². The van der Waals surface area contributed by atoms with Crippen LogP contribution in [0.4, 0.5) is 18.9 Å². The summed E-state index contributed by atoms with van der Waals surface area (Å²) < 4.78 is 67.1. The highest BCUT2D eigenvalue weighted by molar-refractivity contribution is 7.89. The van der Waals surface area contributed by atoms with Crippen molar-refractivity contribution in [3.05, 3.63) is 53.6 Å². The van der Waals surface area contributed by atoms with Crippen molar-refractivity contribution < 1.29 is 31.1 Å². The molecule has 0 fully saturated rings. The molecule has 0 aliphatic rings. The van der Waals surface area contributed by atoms with Crippen LogP contribution in [-0.4, -0.2) is 21.4 Å². The Morgan fingerprint density at radius 2 is 1.68 bits per heavy atom. The lowest BCUT2D eigenvalue weighted by Crippen LogP contribution is -2.35. The number of rotatable bonds is 5. The number of nitrogens with one attached hydrogen (secondary N) is 1. The molecule has 0 aliphatic carbocycles. The monoisotopic (exact) mass is 416 g/mol. The van der Waals surface area contributed by atoms with E-state index >= 15 is 0 Å². The lowest BCUT2D eigenvalue weighted by Gasteiger charge is -2.25. The number of halogens is 3. The van der Waals surface area contributed by atoms with Gasteiger partial charge in [0.15, 0.2) is 0 Å². The summed E-state index contributed by atoms with van der Waals surface area (Å²) in [6.07, 6.45) is -4.54. The van der Waals surface area contributed by atoms with E-state index in [1.807, 2.05) is 0 Å². The van der Waals surface area contributed by atoms with Crippen molar-refractivity contribution in [1.82, 2.24) is 0 Å². The Kier molecular flexibility index (Phi) is 5.77. The molecule has 0 aromatic heterocycles. The zero-order chi connectivity index (χ0) is 21.3. The number of primary sulfonamides is 1. The van der Waals surface area contributed by atoms with Crippen molar-refractivity contribution in [2.45, 2.75) is 30.3 Å². The third-order valence-electron chi connectivity index (χ3n) is 4.21. The van der Waals surface area contributed by atoms with Crippen LogP contribution < -0.4 is 15.2 Å². The third-order valence-corrected chi connectivity index (χ3v) is 5.14. The number of amides is 1. The Balaban J connectivity index is 2.37. The van der Waals surface area contributed by atoms with E-state index in [9.17, 15) is 26.4 Å². The van der Waals surface area contributed by atoms with E-state index in [2.05, 4.69) is 5.32 Å². The molecule has 2 aromatic rings. The van der Waals surface area contributed by atoms with Gasteiger partial charge in [-0.3, -0.25) is 4.79 Å². The number of methoxy groups -OCH3 is 1. The van der Waals surface area contributed by atoms with E-state index in [1.54, 1.807) is 0 Å². The second-order valence-electron chi connectivity index (χ2n) is 6.57. The number of anilines is 1. The molecule has 6 nitrogen and oxygen atoms in total. The van der Waals surface area contributed by atoms with Gasteiger partial charge in [-0.25, -0.2) is 13.6 Å². The van der Waals surface area contributed by atoms with Gasteiger partial charge < -0.3 is 10.1 Å². The zero-order valence-corrected chi connectivity index (χ0v) is 16.1. The molecule has 0 saturated heterocycles. The van der Waals surface area contributed by atoms with Crippen molar-refractivity contribution in [2.75, 3.05) is 12.4 Å². The van der Waals surface area contributed by atoms with Crippen LogP contribution in [0.15, 0.2) is 47.4 Å². The van der Waals surface area contributed by atoms with Crippen LogP contribution in [0.3, 0.4) is 0 Å². The van der Waals surface area contributed by atoms with Crippen LogP contribution >= 0.6 is 0 Å². The van der Waals surface area contributed by atoms with Gasteiger partial charge in [0.05, 0.1) is 18.1 Å². The molecule has 28 heavy (non-hydrogen) atoms. The average molecular weight is 416 g/mol. The van der Waals surface area contributed by atoms with Gasteiger partial charge in [-0.15, -0.1) is 0 Å². The van der Waals surface area contributed by atoms with Gasteiger partial charge in [-0.05, 0) is 43.7 Å². The predicted octanol–water partition coefficient (Wildman–Crippen LogP) is 3.28. The number of benzene rings is 2. The SMILES string of the molecule is COc1ccc(NC(=O)C(C)(C)c2cccc(C(F)(F)F)c2)cc1S(N)(=O)=O. The van der Waals surface area contributed by atoms with Crippen LogP contribution in [0.2, 0.25) is 0 Å². The molecule has 2 aromatic carbocycles. The number of ether oxygens (including phenoxy) is 1. The zero-order valence-electron chi connectivity index (χ0n) is 15.3. The van der Waals surface area contributed by atoms with Gasteiger partial charge in [0.1, 0.15) is 10.6 Å². The molecule has 0 radical (unpaired) electrons. The maximum absolute atomic E-state index is 13.0. The molecule has 3 N–H and O–H groups in total. The first-order valence-corrected chi connectivity index (χ1v) is 9.51. The lowest BCUT2D eigenvalue weighted by atomic mass is 9.83. The highest BCUT2D eigenvalue weighted by atomic mass is 32.2. The van der Waals surface area contributed by atoms with Gasteiger partial charge in [0, 0.05) is 5.69 Å². The number of alkyl halides is 3. The minimum atomic E-state index is -4.54. The normalized spacial score (nSPS) is 12.5. The fourth-order valence-corrected chi connectivity index (χ4v) is 3.20. The number of carbonyl (C=O) groups is 1. The van der Waals surface area contributed by atoms with E-state index in [1.165, 1.54) is 45.2 Å². The van der Waals surface area contributed by atoms with Crippen molar-refractivity contribution in [3.8, 4) is 5.75 Å². The molecule has 0 atom stereocenters. The van der Waals surface area contributed by atoms with Crippen LogP contribution in [0.5, 0.6) is 5.75 Å². The van der Waals surface area contributed by atoms with E-state index in [-0.39, 0.29) is 21.9 Å². The standard InChI is InChI=1S/C18H19F3N2O4S/c1-17(2,11-5-4-6-12(9-11)18(19,20)21)16(24)23-13-7-8-14(27-3)15(10-13)28(22,25)26/h4-10H,1-3H3,(H,23,24)(H2,22,25,26). The first kappa shape index (κ1) is 21.7. The fourth-order valence-electron chi connectivity index (χ4n) is 2.48. The summed E-state index contributed by atoms with van der Waals surface area (Å²) >= 11 is 0. The Morgan fingerprint density at radius 3 is 2.21 bits per heavy atom. The summed E-state index contributed by atoms with van der Waals surface area (Å²) in [6.45, 7) is 2.92. The fraction of sp³-hybridized carbons (Fsp3) is 0.278. The molecule has 0 unspecified atom stereocenters. The maximum Gasteiger partial charge on any atom is 0.416 e. The largest absolute Gasteiger partial charge is 0.495 e. The van der Waals surface area contributed by atoms with Crippen molar-refractivity contribution in [3.63, 3.8) is 0 Å². The first-order chi connectivity index (χ1) is 12.8. The Morgan fingerprint density at radius 1 is 1.07 bits per heavy atom. The summed E-state index contributed by atoms with van der Waals surface area (Å²) in [4.78, 5) is 12.4. The molecule has 0 bridgehead atoms. The van der Waals surface area contributed by atoms with Gasteiger partial charge in [0.2, 0.25) is 15.9 Å². The van der Waals surface area contributed by atoms with E-state index in [4.69, 9.17) is 9.88 Å². The van der Waals surface area contributed by atoms with E-state index < -0.39 is 33.1 Å². The van der Waals surface area contributed by atoms with Crippen LogP contribution in [0, 0.1) is 0 Å². The minimum absolute atomic E-state index is 0.00219. The topological polar surface area (TPSA) is 98.5 Å². The highest BCUT2D eigenvalue weighted by Crippen LogP contribution is 2.34. The molecular weight excluding hydrogens is 397 g/mol. The van der Waals surface area contributed by atoms with Crippen LogP contribution in [-0.2, 0) is 26.4 Å². The van der Waals surface area contributed by atoms with Crippen molar-refractivity contribution >= 4 is 21.6 Å². The molecule has 0 aliphatic heterocycles. The number of carbonyl (C=O) groups excluding carboxylic acids is 1. The first-order valence-electron chi connectivity index (χ1n) is 7.97. The van der Waals surface area contributed by atoms with Crippen LogP contribution in [0.1, 0.15) is 25.0 Å². The molecule has 10 heteroatoms. The second kappa shape index (κ2) is 7.44. The molecule has 1 amide bonds. The van der Waals surface area contributed by atoms with Gasteiger partial charge in [-0.1, -0.05) is 18.2 Å². The molecule has 0 spiro atoms. The smallest absolute Gasteiger partial charge is 0.416 e. The molecule has 0 heterocycles. The summed E-state index contributed by atoms with van der Waals surface area (Å²) in [5, 5.41) is 7.65. The Bertz CT molecular complexity index is 1000. The van der Waals surface area contributed by atoms with E-state index in [0.717, 1.165) is 18.2 Å². The van der Waals surface area contributed by atoms with Gasteiger partial charge in [0.25, 0.3) is 0 Å². The molecule has 0 saturated carbocycles. The number of hydrogen-bond acceptors (Lipinski definition) is 4. The average Bonchev–Trinajstić information content (AvgIpc) is 2.60. The van der Waals surface area contributed by atoms with Gasteiger partial charge >= 0.3 is 6.18 Å². The summed E-state index contributed by atoms with van der Waals surface area (Å²) in [6, 6.07) is 8.29. The number of sulfonamides is 1. The lowest BCUT2D eigenvalue weighted by molar-refractivity contribution is -0.137. The molecular formula is C18H19F3N2O4S. The second-order valence-corrected chi connectivity index (χ2v) is 8.10. The third kappa shape index (κ3) is 4.63. The highest BCUT2D eigenvalue weighted by Gasteiger charge is 2.35. The predicted molar refractivity (Wildman–Crippen MR) is 97.5 cm³/mol.